The lowest BCUT2D eigenvalue weighted by atomic mass is 10.1. The van der Waals surface area contributed by atoms with Crippen molar-refractivity contribution in [1.82, 2.24) is 4.98 Å². The minimum absolute atomic E-state index is 0.190. The Morgan fingerprint density at radius 1 is 0.929 bits per heavy atom. The molecule has 0 unspecified atom stereocenters. The second-order valence-corrected chi connectivity index (χ2v) is 5.95. The van der Waals surface area contributed by atoms with Crippen molar-refractivity contribution in [1.29, 1.82) is 0 Å². The number of carbonyl (C=O) groups excluding carboxylic acids is 3. The molecule has 150 valence electrons. The maximum Gasteiger partial charge on any atom is 0.340 e. The Hall–Kier alpha value is -3.29. The molecule has 8 heteroatoms. The Labute approximate surface area is 162 Å². The van der Waals surface area contributed by atoms with Crippen LogP contribution in [-0.2, 0) is 9.47 Å². The predicted octanol–water partition coefficient (Wildman–Crippen LogP) is 2.87. The van der Waals surface area contributed by atoms with Crippen LogP contribution in [0.2, 0.25) is 0 Å². The van der Waals surface area contributed by atoms with E-state index in [-0.39, 0.29) is 17.9 Å². The van der Waals surface area contributed by atoms with E-state index in [1.54, 1.807) is 26.8 Å². The zero-order chi connectivity index (χ0) is 20.8. The van der Waals surface area contributed by atoms with Crippen molar-refractivity contribution >= 4 is 17.7 Å². The fourth-order valence-corrected chi connectivity index (χ4v) is 2.75. The third-order valence-electron chi connectivity index (χ3n) is 4.12. The number of hydrogen-bond donors (Lipinski definition) is 1. The van der Waals surface area contributed by atoms with Crippen molar-refractivity contribution in [2.24, 2.45) is 0 Å². The highest BCUT2D eigenvalue weighted by molar-refractivity contribution is 6.03. The maximum atomic E-state index is 12.5. The molecule has 0 aliphatic rings. The summed E-state index contributed by atoms with van der Waals surface area (Å²) in [5.74, 6) is -0.815. The molecule has 0 aliphatic carbocycles. The summed E-state index contributed by atoms with van der Waals surface area (Å²) in [7, 11) is 2.93. The predicted molar refractivity (Wildman–Crippen MR) is 100 cm³/mol. The molecule has 0 radical (unpaired) electrons. The molecule has 0 saturated carbocycles. The summed E-state index contributed by atoms with van der Waals surface area (Å²) in [4.78, 5) is 39.7. The number of benzene rings is 1. The topological polar surface area (TPSA) is 104 Å². The van der Waals surface area contributed by atoms with Gasteiger partial charge in [-0.05, 0) is 38.5 Å². The molecule has 0 atom stereocenters. The second-order valence-electron chi connectivity index (χ2n) is 5.95. The normalized spacial score (nSPS) is 10.3. The molecule has 0 bridgehead atoms. The van der Waals surface area contributed by atoms with Gasteiger partial charge in [0.15, 0.2) is 6.61 Å². The first-order valence-electron chi connectivity index (χ1n) is 8.62. The van der Waals surface area contributed by atoms with Gasteiger partial charge in [-0.25, -0.2) is 9.59 Å². The van der Waals surface area contributed by atoms with Crippen molar-refractivity contribution in [3.05, 3.63) is 46.3 Å². The van der Waals surface area contributed by atoms with Gasteiger partial charge in [0.1, 0.15) is 11.5 Å². The molecule has 0 amide bonds. The summed E-state index contributed by atoms with van der Waals surface area (Å²) < 4.78 is 20.3. The van der Waals surface area contributed by atoms with Gasteiger partial charge in [0.25, 0.3) is 0 Å². The number of aryl methyl sites for hydroxylation is 1. The van der Waals surface area contributed by atoms with E-state index in [1.807, 2.05) is 0 Å². The molecule has 0 fully saturated rings. The molecule has 0 aliphatic heterocycles. The smallest absolute Gasteiger partial charge is 0.340 e. The van der Waals surface area contributed by atoms with Crippen LogP contribution in [0.3, 0.4) is 0 Å². The van der Waals surface area contributed by atoms with Crippen LogP contribution in [0.15, 0.2) is 18.2 Å². The van der Waals surface area contributed by atoms with Crippen LogP contribution in [0.5, 0.6) is 11.5 Å². The van der Waals surface area contributed by atoms with Crippen molar-refractivity contribution in [3.8, 4) is 11.5 Å². The van der Waals surface area contributed by atoms with Crippen LogP contribution in [0.25, 0.3) is 0 Å². The number of Topliss-reactive ketones (excluding diaryl/α,β-unsaturated/α-hetero) is 1. The van der Waals surface area contributed by atoms with Crippen molar-refractivity contribution in [2.45, 2.75) is 20.8 Å². The summed E-state index contributed by atoms with van der Waals surface area (Å²) in [6.07, 6.45) is 0. The van der Waals surface area contributed by atoms with Crippen LogP contribution in [0.4, 0.5) is 0 Å². The molecule has 2 rings (SSSR count). The highest BCUT2D eigenvalue weighted by Gasteiger charge is 2.23. The minimum Gasteiger partial charge on any atom is -0.497 e. The number of aromatic nitrogens is 1. The lowest BCUT2D eigenvalue weighted by Crippen LogP contribution is -2.16. The number of ether oxygens (including phenoxy) is 4. The van der Waals surface area contributed by atoms with Gasteiger partial charge in [-0.3, -0.25) is 4.79 Å². The molecule has 28 heavy (non-hydrogen) atoms. The molecular weight excluding hydrogens is 366 g/mol. The molecular formula is C20H23NO7. The van der Waals surface area contributed by atoms with Gasteiger partial charge in [-0.2, -0.15) is 0 Å². The van der Waals surface area contributed by atoms with Crippen LogP contribution in [-0.4, -0.2) is 50.1 Å². The lowest BCUT2D eigenvalue weighted by molar-refractivity contribution is 0.0471. The quantitative estimate of drug-likeness (QED) is 0.547. The first-order chi connectivity index (χ1) is 13.3. The highest BCUT2D eigenvalue weighted by atomic mass is 16.5. The Morgan fingerprint density at radius 3 is 2.07 bits per heavy atom. The number of nitrogens with one attached hydrogen (secondary N) is 1. The van der Waals surface area contributed by atoms with Gasteiger partial charge in [0.05, 0.1) is 37.6 Å². The Bertz CT molecular complexity index is 876. The van der Waals surface area contributed by atoms with E-state index in [0.717, 1.165) is 0 Å². The second kappa shape index (κ2) is 9.07. The third-order valence-corrected chi connectivity index (χ3v) is 4.12. The van der Waals surface area contributed by atoms with Crippen LogP contribution >= 0.6 is 0 Å². The molecule has 1 aromatic carbocycles. The van der Waals surface area contributed by atoms with Gasteiger partial charge in [-0.1, -0.05) is 0 Å². The van der Waals surface area contributed by atoms with E-state index < -0.39 is 24.3 Å². The van der Waals surface area contributed by atoms with E-state index in [2.05, 4.69) is 4.98 Å². The Kier molecular flexibility index (Phi) is 6.81. The zero-order valence-corrected chi connectivity index (χ0v) is 16.5. The minimum atomic E-state index is -0.697. The number of carbonyl (C=O) groups is 3. The monoisotopic (exact) mass is 389 g/mol. The van der Waals surface area contributed by atoms with Gasteiger partial charge in [0.2, 0.25) is 5.78 Å². The van der Waals surface area contributed by atoms with E-state index in [4.69, 9.17) is 18.9 Å². The standard InChI is InChI=1S/C20H23NO7/c1-6-27-20(24)17-11(2)18(21-12(17)3)16(22)10-28-19(23)13-7-14(25-4)9-15(8-13)26-5/h7-9,21H,6,10H2,1-5H3. The summed E-state index contributed by atoms with van der Waals surface area (Å²) in [5, 5.41) is 0. The summed E-state index contributed by atoms with van der Waals surface area (Å²) in [6.45, 7) is 4.76. The van der Waals surface area contributed by atoms with Crippen LogP contribution in [0.1, 0.15) is 49.4 Å². The van der Waals surface area contributed by atoms with Crippen LogP contribution < -0.4 is 9.47 Å². The van der Waals surface area contributed by atoms with Crippen molar-refractivity contribution in [2.75, 3.05) is 27.4 Å². The summed E-state index contributed by atoms with van der Waals surface area (Å²) in [6, 6.07) is 4.58. The number of H-pyrrole nitrogens is 1. The molecule has 1 N–H and O–H groups in total. The molecule has 2 aromatic rings. The number of ketones is 1. The van der Waals surface area contributed by atoms with Gasteiger partial charge >= 0.3 is 11.9 Å². The van der Waals surface area contributed by atoms with Gasteiger partial charge < -0.3 is 23.9 Å². The molecule has 1 aromatic heterocycles. The number of esters is 2. The maximum absolute atomic E-state index is 12.5. The van der Waals surface area contributed by atoms with E-state index in [0.29, 0.717) is 28.3 Å². The van der Waals surface area contributed by atoms with Crippen molar-refractivity contribution < 1.29 is 33.3 Å². The number of rotatable bonds is 8. The van der Waals surface area contributed by atoms with E-state index in [1.165, 1.54) is 26.4 Å². The number of hydrogen-bond acceptors (Lipinski definition) is 7. The molecule has 0 spiro atoms. The molecule has 1 heterocycles. The Morgan fingerprint density at radius 2 is 1.54 bits per heavy atom. The number of methoxy groups -OCH3 is 2. The fourth-order valence-electron chi connectivity index (χ4n) is 2.75. The summed E-state index contributed by atoms with van der Waals surface area (Å²) >= 11 is 0. The van der Waals surface area contributed by atoms with Gasteiger partial charge in [-0.15, -0.1) is 0 Å². The fraction of sp³-hybridized carbons (Fsp3) is 0.350. The average Bonchev–Trinajstić information content (AvgIpc) is 2.99. The van der Waals surface area contributed by atoms with Crippen LogP contribution in [0, 0.1) is 13.8 Å². The average molecular weight is 389 g/mol. The molecule has 0 saturated heterocycles. The first kappa shape index (κ1) is 21.0. The van der Waals surface area contributed by atoms with Gasteiger partial charge in [0, 0.05) is 11.8 Å². The van der Waals surface area contributed by atoms with E-state index in [9.17, 15) is 14.4 Å². The SMILES string of the molecule is CCOC(=O)c1c(C)[nH]c(C(=O)COC(=O)c2cc(OC)cc(OC)c2)c1C. The first-order valence-corrected chi connectivity index (χ1v) is 8.62. The molecule has 8 nitrogen and oxygen atoms in total. The largest absolute Gasteiger partial charge is 0.497 e. The van der Waals surface area contributed by atoms with E-state index >= 15 is 0 Å². The zero-order valence-electron chi connectivity index (χ0n) is 16.5. The summed E-state index contributed by atoms with van der Waals surface area (Å²) in [5.41, 5.74) is 1.68. The highest BCUT2D eigenvalue weighted by Crippen LogP contribution is 2.23. The lowest BCUT2D eigenvalue weighted by Gasteiger charge is -2.08. The third kappa shape index (κ3) is 4.51. The number of aromatic amines is 1. The van der Waals surface area contributed by atoms with Crippen molar-refractivity contribution in [3.63, 3.8) is 0 Å². The Balaban J connectivity index is 2.13.